The number of benzene rings is 2. The number of aromatic amines is 2. The number of methoxy groups -OCH3 is 3. The van der Waals surface area contributed by atoms with Crippen molar-refractivity contribution in [2.24, 2.45) is 0 Å². The maximum absolute atomic E-state index is 13.4. The second-order valence-electron chi connectivity index (χ2n) is 8.98. The summed E-state index contributed by atoms with van der Waals surface area (Å²) in [5, 5.41) is 14.4. The predicted octanol–water partition coefficient (Wildman–Crippen LogP) is 4.43. The van der Waals surface area contributed by atoms with Gasteiger partial charge < -0.3 is 28.7 Å². The number of hydrogen-bond acceptors (Lipinski definition) is 7. The van der Waals surface area contributed by atoms with Crippen LogP contribution in [-0.4, -0.2) is 41.2 Å². The largest absolute Gasteiger partial charge is 0.502 e. The molecule has 36 heavy (non-hydrogen) atoms. The lowest BCUT2D eigenvalue weighted by molar-refractivity contribution is 0.324. The molecule has 3 N–H and O–H groups in total. The zero-order valence-electron chi connectivity index (χ0n) is 20.1. The summed E-state index contributed by atoms with van der Waals surface area (Å²) in [7, 11) is 4.55. The Morgan fingerprint density at radius 1 is 1.00 bits per heavy atom. The van der Waals surface area contributed by atoms with Crippen LogP contribution >= 0.6 is 0 Å². The summed E-state index contributed by atoms with van der Waals surface area (Å²) in [6, 6.07) is 6.54. The summed E-state index contributed by atoms with van der Waals surface area (Å²) in [5.74, 6) is 0.751. The molecule has 1 aliphatic carbocycles. The number of H-pyrrole nitrogens is 2. The molecule has 10 heteroatoms. The molecule has 0 bridgehead atoms. The highest BCUT2D eigenvalue weighted by Crippen LogP contribution is 2.46. The van der Waals surface area contributed by atoms with Crippen LogP contribution in [0.2, 0.25) is 0 Å². The molecule has 3 aromatic heterocycles. The van der Waals surface area contributed by atoms with Crippen LogP contribution in [0.15, 0.2) is 38.3 Å². The number of ether oxygens (including phenoxy) is 3. The number of pyridine rings is 1. The van der Waals surface area contributed by atoms with Gasteiger partial charge in [0.1, 0.15) is 5.65 Å². The molecule has 0 amide bonds. The molecule has 10 nitrogen and oxygen atoms in total. The van der Waals surface area contributed by atoms with E-state index in [1.807, 2.05) is 4.68 Å². The normalized spacial score (nSPS) is 14.3. The van der Waals surface area contributed by atoms with Crippen molar-refractivity contribution in [3.8, 4) is 34.1 Å². The third-order valence-corrected chi connectivity index (χ3v) is 7.09. The van der Waals surface area contributed by atoms with Crippen molar-refractivity contribution in [1.82, 2.24) is 14.8 Å². The molecule has 6 rings (SSSR count). The fourth-order valence-corrected chi connectivity index (χ4v) is 5.40. The molecule has 2 aromatic carbocycles. The molecule has 0 aliphatic heterocycles. The quantitative estimate of drug-likeness (QED) is 0.331. The zero-order valence-corrected chi connectivity index (χ0v) is 20.1. The van der Waals surface area contributed by atoms with Gasteiger partial charge in [-0.25, -0.2) is 0 Å². The Bertz CT molecular complexity index is 1740. The average molecular weight is 492 g/mol. The summed E-state index contributed by atoms with van der Waals surface area (Å²) >= 11 is 0. The third kappa shape index (κ3) is 3.03. The molecule has 0 spiro atoms. The summed E-state index contributed by atoms with van der Waals surface area (Å²) in [6.07, 6.45) is 4.08. The van der Waals surface area contributed by atoms with Gasteiger partial charge in [0.15, 0.2) is 22.7 Å². The summed E-state index contributed by atoms with van der Waals surface area (Å²) in [6.45, 7) is 0. The average Bonchev–Trinajstić information content (AvgIpc) is 3.62. The van der Waals surface area contributed by atoms with Crippen LogP contribution < -0.4 is 25.2 Å². The van der Waals surface area contributed by atoms with Crippen LogP contribution in [-0.2, 0) is 0 Å². The van der Waals surface area contributed by atoms with Gasteiger partial charge in [0.25, 0.3) is 5.56 Å². The van der Waals surface area contributed by atoms with Crippen molar-refractivity contribution in [1.29, 1.82) is 0 Å². The first-order valence-electron chi connectivity index (χ1n) is 11.7. The number of aromatic hydroxyl groups is 1. The minimum absolute atomic E-state index is 0.0546. The zero-order chi connectivity index (χ0) is 25.1. The van der Waals surface area contributed by atoms with Crippen LogP contribution in [0.25, 0.3) is 44.2 Å². The Labute approximate surface area is 204 Å². The summed E-state index contributed by atoms with van der Waals surface area (Å²) < 4.78 is 24.6. The fraction of sp³-hybridized carbons (Fsp3) is 0.308. The Hall–Kier alpha value is -4.34. The molecule has 0 unspecified atom stereocenters. The topological polar surface area (TPSA) is 132 Å². The van der Waals surface area contributed by atoms with Gasteiger partial charge in [-0.05, 0) is 42.7 Å². The molecule has 5 aromatic rings. The smallest absolute Gasteiger partial charge is 0.274 e. The molecule has 3 heterocycles. The number of hydrogen-bond donors (Lipinski definition) is 3. The van der Waals surface area contributed by atoms with Crippen molar-refractivity contribution < 1.29 is 23.7 Å². The number of rotatable bonds is 5. The van der Waals surface area contributed by atoms with Gasteiger partial charge in [-0.1, -0.05) is 12.8 Å². The second-order valence-corrected chi connectivity index (χ2v) is 8.98. The Morgan fingerprint density at radius 2 is 1.69 bits per heavy atom. The standard InChI is InChI=1S/C26H25N3O7/c1-33-16-10-12(11-17(34-2)23(16)35-3)18-19-25(29(28-26(19)32)13-6-4-5-7-13)27-20-14-8-9-15(30)21(31)22(14)36-24(18)20/h8-11,13,27,31H,4-7H2,1-3H3,(H,28,32). The van der Waals surface area contributed by atoms with Crippen LogP contribution in [0.5, 0.6) is 23.0 Å². The lowest BCUT2D eigenvalue weighted by Gasteiger charge is -2.15. The number of phenolic OH excluding ortho intramolecular Hbond substituents is 1. The Morgan fingerprint density at radius 3 is 2.33 bits per heavy atom. The first kappa shape index (κ1) is 22.1. The van der Waals surface area contributed by atoms with E-state index in [2.05, 4.69) is 10.1 Å². The van der Waals surface area contributed by atoms with Crippen molar-refractivity contribution in [2.75, 3.05) is 21.3 Å². The van der Waals surface area contributed by atoms with Crippen molar-refractivity contribution in [3.63, 3.8) is 0 Å². The molecule has 0 atom stereocenters. The van der Waals surface area contributed by atoms with E-state index in [0.29, 0.717) is 55.9 Å². The molecule has 186 valence electrons. The molecule has 1 fully saturated rings. The van der Waals surface area contributed by atoms with Gasteiger partial charge in [0.05, 0.1) is 38.3 Å². The van der Waals surface area contributed by atoms with Crippen LogP contribution in [0.4, 0.5) is 0 Å². The first-order valence-corrected chi connectivity index (χ1v) is 11.7. The lowest BCUT2D eigenvalue weighted by Crippen LogP contribution is -2.10. The fourth-order valence-electron chi connectivity index (χ4n) is 5.40. The molecular formula is C26H25N3O7. The van der Waals surface area contributed by atoms with E-state index in [9.17, 15) is 14.7 Å². The van der Waals surface area contributed by atoms with Gasteiger partial charge in [-0.2, -0.15) is 0 Å². The second kappa shape index (κ2) is 8.11. The van der Waals surface area contributed by atoms with Gasteiger partial charge in [0, 0.05) is 10.9 Å². The highest BCUT2D eigenvalue weighted by Gasteiger charge is 2.28. The summed E-state index contributed by atoms with van der Waals surface area (Å²) in [5.41, 5.74) is 1.78. The van der Waals surface area contributed by atoms with Gasteiger partial charge in [0.2, 0.25) is 16.9 Å². The van der Waals surface area contributed by atoms with E-state index in [1.54, 1.807) is 18.2 Å². The van der Waals surface area contributed by atoms with Crippen molar-refractivity contribution >= 4 is 33.1 Å². The molecule has 0 saturated heterocycles. The van der Waals surface area contributed by atoms with E-state index in [4.69, 9.17) is 18.6 Å². The number of aromatic nitrogens is 3. The number of furan rings is 1. The number of nitrogens with one attached hydrogen (secondary N) is 2. The highest BCUT2D eigenvalue weighted by atomic mass is 16.5. The SMILES string of the molecule is COc1cc(-c2c3oc4c(O)c(=O)ccc4c3[nH]c3c2c(=O)[nH]n3C2CCCC2)cc(OC)c1OC. The minimum atomic E-state index is -0.547. The van der Waals surface area contributed by atoms with Gasteiger partial charge in [-0.3, -0.25) is 19.4 Å². The first-order chi connectivity index (χ1) is 17.5. The van der Waals surface area contributed by atoms with Gasteiger partial charge in [-0.15, -0.1) is 0 Å². The third-order valence-electron chi connectivity index (χ3n) is 7.09. The van der Waals surface area contributed by atoms with E-state index >= 15 is 0 Å². The van der Waals surface area contributed by atoms with E-state index in [-0.39, 0.29) is 17.2 Å². The number of phenols is 1. The van der Waals surface area contributed by atoms with E-state index < -0.39 is 11.2 Å². The molecule has 1 saturated carbocycles. The predicted molar refractivity (Wildman–Crippen MR) is 135 cm³/mol. The van der Waals surface area contributed by atoms with Crippen LogP contribution in [0.3, 0.4) is 0 Å². The van der Waals surface area contributed by atoms with E-state index in [0.717, 1.165) is 25.7 Å². The summed E-state index contributed by atoms with van der Waals surface area (Å²) in [4.78, 5) is 29.0. The minimum Gasteiger partial charge on any atom is -0.502 e. The van der Waals surface area contributed by atoms with Gasteiger partial charge >= 0.3 is 0 Å². The number of nitrogens with zero attached hydrogens (tertiary/aromatic N) is 1. The Balaban J connectivity index is 1.81. The van der Waals surface area contributed by atoms with Crippen molar-refractivity contribution in [3.05, 3.63) is 44.8 Å². The maximum atomic E-state index is 13.4. The highest BCUT2D eigenvalue weighted by molar-refractivity contribution is 6.15. The molecule has 0 radical (unpaired) electrons. The molecule has 1 aliphatic rings. The van der Waals surface area contributed by atoms with Crippen LogP contribution in [0, 0.1) is 0 Å². The monoisotopic (exact) mass is 491 g/mol. The van der Waals surface area contributed by atoms with E-state index in [1.165, 1.54) is 27.4 Å². The number of fused-ring (bicyclic) bond motifs is 4. The molecular weight excluding hydrogens is 466 g/mol. The van der Waals surface area contributed by atoms with Crippen molar-refractivity contribution in [2.45, 2.75) is 31.7 Å². The van der Waals surface area contributed by atoms with Crippen LogP contribution in [0.1, 0.15) is 31.7 Å². The Kier molecular flexibility index (Phi) is 4.99. The maximum Gasteiger partial charge on any atom is 0.274 e. The lowest BCUT2D eigenvalue weighted by atomic mass is 10.0.